The summed E-state index contributed by atoms with van der Waals surface area (Å²) < 4.78 is 5.08. The largest absolute Gasteiger partial charge is 0.464 e. The fourth-order valence-electron chi connectivity index (χ4n) is 2.64. The Morgan fingerprint density at radius 3 is 2.75 bits per heavy atom. The molecule has 7 heteroatoms. The van der Waals surface area contributed by atoms with Gasteiger partial charge in [0.05, 0.1) is 6.61 Å². The number of ether oxygens (including phenoxy) is 1. The van der Waals surface area contributed by atoms with Gasteiger partial charge in [-0.2, -0.15) is 0 Å². The molecule has 0 unspecified atom stereocenters. The topological polar surface area (TPSA) is 84.5 Å². The van der Waals surface area contributed by atoms with Crippen LogP contribution in [0.1, 0.15) is 40.9 Å². The van der Waals surface area contributed by atoms with E-state index in [0.717, 1.165) is 25.7 Å². The normalized spacial score (nSPS) is 13.0. The number of thiophene rings is 1. The Hall–Kier alpha value is -2.67. The van der Waals surface area contributed by atoms with Crippen molar-refractivity contribution in [2.45, 2.75) is 32.1 Å². The number of nitrogens with one attached hydrogen (secondary N) is 2. The number of carbonyl (C=O) groups excluding carboxylic acids is 3. The first-order chi connectivity index (χ1) is 13.6. The number of hydrogen-bond donors (Lipinski definition) is 2. The van der Waals surface area contributed by atoms with Crippen LogP contribution in [0.2, 0.25) is 0 Å². The highest BCUT2D eigenvalue weighted by Crippen LogP contribution is 2.28. The van der Waals surface area contributed by atoms with E-state index in [-0.39, 0.29) is 18.4 Å². The van der Waals surface area contributed by atoms with Crippen LogP contribution in [-0.4, -0.2) is 30.9 Å². The van der Waals surface area contributed by atoms with Crippen molar-refractivity contribution in [2.24, 2.45) is 5.92 Å². The Morgan fingerprint density at radius 2 is 2.00 bits per heavy atom. The van der Waals surface area contributed by atoms with Gasteiger partial charge in [0, 0.05) is 22.5 Å². The average molecular weight is 401 g/mol. The Balaban J connectivity index is 1.41. The van der Waals surface area contributed by atoms with E-state index in [4.69, 9.17) is 4.74 Å². The van der Waals surface area contributed by atoms with Gasteiger partial charge in [-0.25, -0.2) is 0 Å². The lowest BCUT2D eigenvalue weighted by Gasteiger charge is -2.08. The summed E-state index contributed by atoms with van der Waals surface area (Å²) in [7, 11) is 0. The van der Waals surface area contributed by atoms with Gasteiger partial charge in [-0.1, -0.05) is 12.1 Å². The predicted molar refractivity (Wildman–Crippen MR) is 108 cm³/mol. The molecule has 3 rings (SSSR count). The van der Waals surface area contributed by atoms with E-state index in [1.165, 1.54) is 4.88 Å². The third-order valence-corrected chi connectivity index (χ3v) is 5.32. The summed E-state index contributed by atoms with van der Waals surface area (Å²) in [6.07, 6.45) is 4.28. The second-order valence-electron chi connectivity index (χ2n) is 6.87. The lowest BCUT2D eigenvalue weighted by Crippen LogP contribution is -2.31. The van der Waals surface area contributed by atoms with E-state index in [1.807, 2.05) is 11.4 Å². The third kappa shape index (κ3) is 6.81. The molecule has 0 saturated heterocycles. The van der Waals surface area contributed by atoms with Gasteiger partial charge in [0.15, 0.2) is 0 Å². The quantitative estimate of drug-likeness (QED) is 0.599. The van der Waals surface area contributed by atoms with Crippen molar-refractivity contribution in [1.82, 2.24) is 5.32 Å². The molecule has 1 aliphatic rings. The van der Waals surface area contributed by atoms with Crippen LogP contribution < -0.4 is 10.6 Å². The minimum Gasteiger partial charge on any atom is -0.464 e. The maximum atomic E-state index is 12.2. The number of aryl methyl sites for hydroxylation is 1. The molecule has 1 saturated carbocycles. The fraction of sp³-hybridized carbons (Fsp3) is 0.381. The van der Waals surface area contributed by atoms with E-state index < -0.39 is 5.97 Å². The van der Waals surface area contributed by atoms with Gasteiger partial charge in [-0.3, -0.25) is 14.4 Å². The maximum Gasteiger partial charge on any atom is 0.325 e. The molecule has 0 atom stereocenters. The monoisotopic (exact) mass is 400 g/mol. The van der Waals surface area contributed by atoms with Gasteiger partial charge in [-0.05, 0) is 61.2 Å². The van der Waals surface area contributed by atoms with E-state index in [1.54, 1.807) is 35.6 Å². The van der Waals surface area contributed by atoms with Crippen molar-refractivity contribution in [3.05, 3.63) is 52.2 Å². The highest BCUT2D eigenvalue weighted by molar-refractivity contribution is 7.09. The minimum absolute atomic E-state index is 0.0854. The average Bonchev–Trinajstić information content (AvgIpc) is 3.38. The van der Waals surface area contributed by atoms with Crippen LogP contribution >= 0.6 is 11.3 Å². The van der Waals surface area contributed by atoms with Gasteiger partial charge in [0.25, 0.3) is 5.91 Å². The summed E-state index contributed by atoms with van der Waals surface area (Å²) in [6, 6.07) is 10.7. The van der Waals surface area contributed by atoms with E-state index in [2.05, 4.69) is 16.7 Å². The van der Waals surface area contributed by atoms with Gasteiger partial charge >= 0.3 is 5.97 Å². The number of rotatable bonds is 10. The van der Waals surface area contributed by atoms with Crippen LogP contribution in [0.3, 0.4) is 0 Å². The first kappa shape index (κ1) is 20.1. The van der Waals surface area contributed by atoms with Gasteiger partial charge in [0.1, 0.15) is 6.54 Å². The number of anilines is 1. The molecular weight excluding hydrogens is 376 g/mol. The number of esters is 1. The standard InChI is InChI=1S/C21H24N2O4S/c24-19(8-2-6-18-7-3-11-28-18)23-17-5-1-4-16(12-17)21(26)22-13-20(25)27-14-15-9-10-15/h1,3-5,7,11-12,15H,2,6,8-10,13-14H2,(H,22,26)(H,23,24). The summed E-state index contributed by atoms with van der Waals surface area (Å²) in [5, 5.41) is 7.39. The zero-order valence-corrected chi connectivity index (χ0v) is 16.4. The number of carbonyl (C=O) groups is 3. The number of hydrogen-bond acceptors (Lipinski definition) is 5. The molecule has 1 aliphatic carbocycles. The zero-order valence-electron chi connectivity index (χ0n) is 15.6. The van der Waals surface area contributed by atoms with Crippen molar-refractivity contribution in [2.75, 3.05) is 18.5 Å². The second kappa shape index (κ2) is 10.0. The highest BCUT2D eigenvalue weighted by atomic mass is 32.1. The summed E-state index contributed by atoms with van der Waals surface area (Å²) >= 11 is 1.69. The molecule has 0 aliphatic heterocycles. The number of benzene rings is 1. The van der Waals surface area contributed by atoms with Crippen LogP contribution in [0.5, 0.6) is 0 Å². The SMILES string of the molecule is O=C(CCCc1cccs1)Nc1cccc(C(=O)NCC(=O)OCC2CC2)c1. The lowest BCUT2D eigenvalue weighted by molar-refractivity contribution is -0.142. The van der Waals surface area contributed by atoms with E-state index >= 15 is 0 Å². The molecule has 1 aromatic heterocycles. The van der Waals surface area contributed by atoms with Gasteiger partial charge in [-0.15, -0.1) is 11.3 Å². The van der Waals surface area contributed by atoms with Gasteiger partial charge < -0.3 is 15.4 Å². The molecular formula is C21H24N2O4S. The molecule has 1 aromatic carbocycles. The van der Waals surface area contributed by atoms with Crippen LogP contribution in [0, 0.1) is 5.92 Å². The van der Waals surface area contributed by atoms with Crippen LogP contribution in [-0.2, 0) is 20.7 Å². The molecule has 28 heavy (non-hydrogen) atoms. The Bertz CT molecular complexity index is 816. The highest BCUT2D eigenvalue weighted by Gasteiger charge is 2.23. The van der Waals surface area contributed by atoms with Crippen molar-refractivity contribution in [1.29, 1.82) is 0 Å². The predicted octanol–water partition coefficient (Wildman–Crippen LogP) is 3.39. The number of amides is 2. The van der Waals surface area contributed by atoms with Gasteiger partial charge in [0.2, 0.25) is 5.91 Å². The first-order valence-corrected chi connectivity index (χ1v) is 10.3. The molecule has 0 radical (unpaired) electrons. The zero-order chi connectivity index (χ0) is 19.8. The molecule has 1 heterocycles. The van der Waals surface area contributed by atoms with Crippen molar-refractivity contribution < 1.29 is 19.1 Å². The molecule has 1 fully saturated rings. The van der Waals surface area contributed by atoms with Crippen LogP contribution in [0.25, 0.3) is 0 Å². The molecule has 2 aromatic rings. The van der Waals surface area contributed by atoms with Crippen molar-refractivity contribution in [3.63, 3.8) is 0 Å². The lowest BCUT2D eigenvalue weighted by atomic mass is 10.1. The molecule has 2 N–H and O–H groups in total. The molecule has 0 spiro atoms. The van der Waals surface area contributed by atoms with Crippen LogP contribution in [0.15, 0.2) is 41.8 Å². The first-order valence-electron chi connectivity index (χ1n) is 9.46. The molecule has 2 amide bonds. The minimum atomic E-state index is -0.435. The Morgan fingerprint density at radius 1 is 1.14 bits per heavy atom. The molecule has 0 bridgehead atoms. The molecule has 148 valence electrons. The maximum absolute atomic E-state index is 12.2. The van der Waals surface area contributed by atoms with Crippen molar-refractivity contribution >= 4 is 34.8 Å². The summed E-state index contributed by atoms with van der Waals surface area (Å²) in [5.41, 5.74) is 0.941. The molecule has 6 nitrogen and oxygen atoms in total. The Kier molecular flexibility index (Phi) is 7.19. The van der Waals surface area contributed by atoms with Crippen molar-refractivity contribution in [3.8, 4) is 0 Å². The summed E-state index contributed by atoms with van der Waals surface area (Å²) in [4.78, 5) is 37.2. The second-order valence-corrected chi connectivity index (χ2v) is 7.90. The van der Waals surface area contributed by atoms with E-state index in [0.29, 0.717) is 30.2 Å². The summed E-state index contributed by atoms with van der Waals surface area (Å²) in [6.45, 7) is 0.271. The van der Waals surface area contributed by atoms with E-state index in [9.17, 15) is 14.4 Å². The fourth-order valence-corrected chi connectivity index (χ4v) is 3.39. The smallest absolute Gasteiger partial charge is 0.325 e. The Labute approximate surface area is 168 Å². The summed E-state index contributed by atoms with van der Waals surface area (Å²) in [5.74, 6) is -0.407. The third-order valence-electron chi connectivity index (χ3n) is 4.39. The van der Waals surface area contributed by atoms with Crippen LogP contribution in [0.4, 0.5) is 5.69 Å².